The first-order valence-electron chi connectivity index (χ1n) is 4.00. The molecule has 0 bridgehead atoms. The number of halogens is 1. The zero-order valence-corrected chi connectivity index (χ0v) is 8.08. The molecule has 0 saturated heterocycles. The van der Waals surface area contributed by atoms with Crippen molar-refractivity contribution in [2.24, 2.45) is 0 Å². The average molecular weight is 199 g/mol. The highest BCUT2D eigenvalue weighted by Gasteiger charge is 2.08. The standard InChI is InChI=1S/C9H11ClN2O/c1-7(12-9(13)6-10)8-4-2-3-5-11-8/h2-5,7H,6H2,1H3,(H,12,13)/t7-/m0/s1. The molecule has 0 unspecified atom stereocenters. The van der Waals surface area contributed by atoms with Crippen LogP contribution in [-0.4, -0.2) is 16.8 Å². The minimum Gasteiger partial charge on any atom is -0.347 e. The smallest absolute Gasteiger partial charge is 0.235 e. The summed E-state index contributed by atoms with van der Waals surface area (Å²) < 4.78 is 0. The van der Waals surface area contributed by atoms with Gasteiger partial charge in [-0.1, -0.05) is 6.07 Å². The summed E-state index contributed by atoms with van der Waals surface area (Å²) in [6, 6.07) is 5.48. The van der Waals surface area contributed by atoms with Crippen LogP contribution in [0.2, 0.25) is 0 Å². The number of amides is 1. The first-order chi connectivity index (χ1) is 6.24. The van der Waals surface area contributed by atoms with E-state index in [0.29, 0.717) is 0 Å². The maximum atomic E-state index is 10.9. The molecule has 0 aliphatic carbocycles. The molecule has 70 valence electrons. The van der Waals surface area contributed by atoms with Crippen molar-refractivity contribution >= 4 is 17.5 Å². The van der Waals surface area contributed by atoms with Crippen molar-refractivity contribution in [3.8, 4) is 0 Å². The largest absolute Gasteiger partial charge is 0.347 e. The zero-order chi connectivity index (χ0) is 9.68. The van der Waals surface area contributed by atoms with Crippen molar-refractivity contribution in [2.75, 3.05) is 5.88 Å². The molecule has 0 saturated carbocycles. The van der Waals surface area contributed by atoms with E-state index < -0.39 is 0 Å². The summed E-state index contributed by atoms with van der Waals surface area (Å²) in [6.45, 7) is 1.87. The SMILES string of the molecule is C[C@H](NC(=O)CCl)c1ccccn1. The quantitative estimate of drug-likeness (QED) is 0.748. The van der Waals surface area contributed by atoms with Crippen LogP contribution in [0.4, 0.5) is 0 Å². The van der Waals surface area contributed by atoms with Crippen LogP contribution in [0, 0.1) is 0 Å². The Morgan fingerprint density at radius 2 is 2.46 bits per heavy atom. The van der Waals surface area contributed by atoms with Crippen molar-refractivity contribution < 1.29 is 4.79 Å². The number of aromatic nitrogens is 1. The predicted molar refractivity (Wildman–Crippen MR) is 51.5 cm³/mol. The van der Waals surface area contributed by atoms with Crippen LogP contribution in [0.15, 0.2) is 24.4 Å². The van der Waals surface area contributed by atoms with Gasteiger partial charge < -0.3 is 5.32 Å². The third-order valence-corrected chi connectivity index (χ3v) is 1.87. The summed E-state index contributed by atoms with van der Waals surface area (Å²) >= 11 is 5.35. The van der Waals surface area contributed by atoms with Crippen molar-refractivity contribution in [3.05, 3.63) is 30.1 Å². The van der Waals surface area contributed by atoms with Gasteiger partial charge in [-0.2, -0.15) is 0 Å². The number of rotatable bonds is 3. The summed E-state index contributed by atoms with van der Waals surface area (Å²) in [6.07, 6.45) is 1.69. The number of hydrogen-bond donors (Lipinski definition) is 1. The van der Waals surface area contributed by atoms with Crippen LogP contribution < -0.4 is 5.32 Å². The van der Waals surface area contributed by atoms with Gasteiger partial charge in [0.1, 0.15) is 5.88 Å². The Bertz CT molecular complexity index is 276. The first kappa shape index (κ1) is 9.99. The molecule has 0 aromatic carbocycles. The molecule has 0 aliphatic heterocycles. The molecular weight excluding hydrogens is 188 g/mol. The van der Waals surface area contributed by atoms with Crippen LogP contribution in [-0.2, 0) is 4.79 Å². The van der Waals surface area contributed by atoms with Gasteiger partial charge in [0.15, 0.2) is 0 Å². The Labute approximate surface area is 82.1 Å². The molecule has 1 heterocycles. The molecule has 1 N–H and O–H groups in total. The third-order valence-electron chi connectivity index (χ3n) is 1.63. The minimum atomic E-state index is -0.181. The highest BCUT2D eigenvalue weighted by atomic mass is 35.5. The molecule has 1 aromatic rings. The Kier molecular flexibility index (Phi) is 3.71. The maximum Gasteiger partial charge on any atom is 0.235 e. The fraction of sp³-hybridized carbons (Fsp3) is 0.333. The molecule has 4 heteroatoms. The van der Waals surface area contributed by atoms with Crippen LogP contribution in [0.1, 0.15) is 18.7 Å². The molecule has 1 atom stereocenters. The number of hydrogen-bond acceptors (Lipinski definition) is 2. The number of nitrogens with one attached hydrogen (secondary N) is 1. The van der Waals surface area contributed by atoms with E-state index in [1.165, 1.54) is 0 Å². The molecule has 1 amide bonds. The Hall–Kier alpha value is -1.09. The summed E-state index contributed by atoms with van der Waals surface area (Å²) in [5, 5.41) is 2.71. The van der Waals surface area contributed by atoms with Gasteiger partial charge in [-0.05, 0) is 19.1 Å². The Morgan fingerprint density at radius 3 is 3.00 bits per heavy atom. The molecule has 1 aromatic heterocycles. The Morgan fingerprint density at radius 1 is 1.69 bits per heavy atom. The fourth-order valence-electron chi connectivity index (χ4n) is 0.986. The van der Waals surface area contributed by atoms with Gasteiger partial charge in [-0.3, -0.25) is 9.78 Å². The first-order valence-corrected chi connectivity index (χ1v) is 4.53. The molecule has 1 rings (SSSR count). The van der Waals surface area contributed by atoms with Crippen molar-refractivity contribution in [1.82, 2.24) is 10.3 Å². The third kappa shape index (κ3) is 3.03. The zero-order valence-electron chi connectivity index (χ0n) is 7.33. The Balaban J connectivity index is 2.59. The van der Waals surface area contributed by atoms with Gasteiger partial charge in [0.2, 0.25) is 5.91 Å². The van der Waals surface area contributed by atoms with E-state index in [1.54, 1.807) is 6.20 Å². The number of alkyl halides is 1. The lowest BCUT2D eigenvalue weighted by Crippen LogP contribution is -2.27. The molecule has 13 heavy (non-hydrogen) atoms. The van der Waals surface area contributed by atoms with Gasteiger partial charge in [0, 0.05) is 6.20 Å². The minimum absolute atomic E-state index is 0.0167. The normalized spacial score (nSPS) is 12.2. The summed E-state index contributed by atoms with van der Waals surface area (Å²) in [5.41, 5.74) is 0.834. The highest BCUT2D eigenvalue weighted by Crippen LogP contribution is 2.07. The lowest BCUT2D eigenvalue weighted by molar-refractivity contribution is -0.119. The van der Waals surface area contributed by atoms with E-state index in [9.17, 15) is 4.79 Å². The summed E-state index contributed by atoms with van der Waals surface area (Å²) in [4.78, 5) is 15.0. The second kappa shape index (κ2) is 4.82. The highest BCUT2D eigenvalue weighted by molar-refractivity contribution is 6.27. The van der Waals surface area contributed by atoms with Gasteiger partial charge in [0.05, 0.1) is 11.7 Å². The van der Waals surface area contributed by atoms with Crippen LogP contribution >= 0.6 is 11.6 Å². The molecular formula is C9H11ClN2O. The van der Waals surface area contributed by atoms with Crippen molar-refractivity contribution in [3.63, 3.8) is 0 Å². The second-order valence-electron chi connectivity index (χ2n) is 2.68. The number of nitrogens with zero attached hydrogens (tertiary/aromatic N) is 1. The number of pyridine rings is 1. The van der Waals surface area contributed by atoms with Crippen LogP contribution in [0.5, 0.6) is 0 Å². The van der Waals surface area contributed by atoms with E-state index in [4.69, 9.17) is 11.6 Å². The van der Waals surface area contributed by atoms with Gasteiger partial charge >= 0.3 is 0 Å². The fourth-order valence-corrected chi connectivity index (χ4v) is 1.06. The average Bonchev–Trinajstić information content (AvgIpc) is 2.19. The van der Waals surface area contributed by atoms with E-state index in [0.717, 1.165) is 5.69 Å². The van der Waals surface area contributed by atoms with E-state index in [1.807, 2.05) is 25.1 Å². The summed E-state index contributed by atoms with van der Waals surface area (Å²) in [5.74, 6) is -0.197. The number of carbonyl (C=O) groups is 1. The van der Waals surface area contributed by atoms with Crippen molar-refractivity contribution in [1.29, 1.82) is 0 Å². The maximum absolute atomic E-state index is 10.9. The summed E-state index contributed by atoms with van der Waals surface area (Å²) in [7, 11) is 0. The molecule has 0 aliphatic rings. The van der Waals surface area contributed by atoms with Crippen molar-refractivity contribution in [2.45, 2.75) is 13.0 Å². The lowest BCUT2D eigenvalue weighted by Gasteiger charge is -2.11. The van der Waals surface area contributed by atoms with Crippen LogP contribution in [0.3, 0.4) is 0 Å². The van der Waals surface area contributed by atoms with E-state index in [2.05, 4.69) is 10.3 Å². The monoisotopic (exact) mass is 198 g/mol. The van der Waals surface area contributed by atoms with E-state index in [-0.39, 0.29) is 17.8 Å². The predicted octanol–water partition coefficient (Wildman–Crippen LogP) is 1.50. The molecule has 0 radical (unpaired) electrons. The molecule has 0 fully saturated rings. The molecule has 0 spiro atoms. The second-order valence-corrected chi connectivity index (χ2v) is 2.94. The van der Waals surface area contributed by atoms with Gasteiger partial charge in [-0.25, -0.2) is 0 Å². The van der Waals surface area contributed by atoms with E-state index >= 15 is 0 Å². The number of carbonyl (C=O) groups excluding carboxylic acids is 1. The van der Waals surface area contributed by atoms with Gasteiger partial charge in [0.25, 0.3) is 0 Å². The van der Waals surface area contributed by atoms with Crippen LogP contribution in [0.25, 0.3) is 0 Å². The molecule has 3 nitrogen and oxygen atoms in total. The van der Waals surface area contributed by atoms with Gasteiger partial charge in [-0.15, -0.1) is 11.6 Å². The topological polar surface area (TPSA) is 42.0 Å². The lowest BCUT2D eigenvalue weighted by atomic mass is 10.2.